The Bertz CT molecular complexity index is 505. The Hall–Kier alpha value is -2.17. The van der Waals surface area contributed by atoms with E-state index in [1.54, 1.807) is 4.90 Å². The normalized spacial score (nSPS) is 15.1. The predicted molar refractivity (Wildman–Crippen MR) is 74.0 cm³/mol. The molecule has 0 aliphatic carbocycles. The maximum Gasteiger partial charge on any atom is 0.290 e. The van der Waals surface area contributed by atoms with Gasteiger partial charge in [0.05, 0.1) is 0 Å². The van der Waals surface area contributed by atoms with E-state index in [0.29, 0.717) is 26.2 Å². The Labute approximate surface area is 118 Å². The van der Waals surface area contributed by atoms with Gasteiger partial charge in [-0.2, -0.15) is 0 Å². The molecule has 5 heteroatoms. The first-order chi connectivity index (χ1) is 9.58. The molecule has 0 atom stereocenters. The standard InChI is InChI=1S/C15H18N2O3/c1-12(18)16-7-9-17(10-8-16)15(20)14(19)11-13-5-3-2-4-6-13/h2-6H,7-11H2,1H3. The number of carbonyl (C=O) groups excluding carboxylic acids is 3. The van der Waals surface area contributed by atoms with Gasteiger partial charge < -0.3 is 9.80 Å². The van der Waals surface area contributed by atoms with Crippen LogP contribution in [0.4, 0.5) is 0 Å². The number of Topliss-reactive ketones (excluding diaryl/α,β-unsaturated/α-hetero) is 1. The summed E-state index contributed by atoms with van der Waals surface area (Å²) in [5.41, 5.74) is 0.841. The van der Waals surface area contributed by atoms with E-state index in [9.17, 15) is 14.4 Å². The summed E-state index contributed by atoms with van der Waals surface area (Å²) in [7, 11) is 0. The number of hydrogen-bond acceptors (Lipinski definition) is 3. The quantitative estimate of drug-likeness (QED) is 0.754. The Morgan fingerprint density at radius 1 is 0.950 bits per heavy atom. The molecule has 1 aliphatic heterocycles. The van der Waals surface area contributed by atoms with Crippen molar-refractivity contribution in [1.29, 1.82) is 0 Å². The highest BCUT2D eigenvalue weighted by atomic mass is 16.2. The second-order valence-corrected chi connectivity index (χ2v) is 4.88. The Kier molecular flexibility index (Phi) is 4.50. The molecule has 0 N–H and O–H groups in total. The number of rotatable bonds is 3. The van der Waals surface area contributed by atoms with Gasteiger partial charge in [0.1, 0.15) is 0 Å². The fraction of sp³-hybridized carbons (Fsp3) is 0.400. The van der Waals surface area contributed by atoms with Gasteiger partial charge in [0.15, 0.2) is 0 Å². The lowest BCUT2D eigenvalue weighted by atomic mass is 10.1. The fourth-order valence-corrected chi connectivity index (χ4v) is 2.26. The van der Waals surface area contributed by atoms with E-state index in [0.717, 1.165) is 5.56 Å². The first-order valence-electron chi connectivity index (χ1n) is 6.69. The summed E-state index contributed by atoms with van der Waals surface area (Å²) in [5.74, 6) is -0.836. The first kappa shape index (κ1) is 14.2. The lowest BCUT2D eigenvalue weighted by molar-refractivity contribution is -0.146. The van der Waals surface area contributed by atoms with Crippen LogP contribution in [0.2, 0.25) is 0 Å². The zero-order valence-corrected chi connectivity index (χ0v) is 11.5. The SMILES string of the molecule is CC(=O)N1CCN(C(=O)C(=O)Cc2ccccc2)CC1. The predicted octanol–water partition coefficient (Wildman–Crippen LogP) is 0.489. The number of carbonyl (C=O) groups is 3. The molecule has 0 saturated carbocycles. The van der Waals surface area contributed by atoms with Crippen molar-refractivity contribution >= 4 is 17.6 Å². The van der Waals surface area contributed by atoms with Crippen molar-refractivity contribution in [1.82, 2.24) is 9.80 Å². The third-order valence-corrected chi connectivity index (χ3v) is 3.46. The summed E-state index contributed by atoms with van der Waals surface area (Å²) in [5, 5.41) is 0. The Morgan fingerprint density at radius 2 is 1.50 bits per heavy atom. The molecule has 0 unspecified atom stereocenters. The number of ketones is 1. The largest absolute Gasteiger partial charge is 0.339 e. The highest BCUT2D eigenvalue weighted by molar-refractivity contribution is 6.36. The van der Waals surface area contributed by atoms with Crippen LogP contribution in [0.5, 0.6) is 0 Å². The van der Waals surface area contributed by atoms with Crippen LogP contribution in [0.1, 0.15) is 12.5 Å². The van der Waals surface area contributed by atoms with E-state index >= 15 is 0 Å². The highest BCUT2D eigenvalue weighted by Crippen LogP contribution is 2.06. The molecule has 0 bridgehead atoms. The monoisotopic (exact) mass is 274 g/mol. The third kappa shape index (κ3) is 3.44. The number of amides is 2. The molecule has 0 radical (unpaired) electrons. The zero-order valence-electron chi connectivity index (χ0n) is 11.5. The summed E-state index contributed by atoms with van der Waals surface area (Å²) in [6.45, 7) is 3.37. The van der Waals surface area contributed by atoms with Crippen molar-refractivity contribution in [2.24, 2.45) is 0 Å². The van der Waals surface area contributed by atoms with Gasteiger partial charge in [0.2, 0.25) is 11.7 Å². The zero-order chi connectivity index (χ0) is 14.5. The van der Waals surface area contributed by atoms with Gasteiger partial charge in [-0.25, -0.2) is 0 Å². The molecule has 1 saturated heterocycles. The van der Waals surface area contributed by atoms with Crippen molar-refractivity contribution in [2.45, 2.75) is 13.3 Å². The molecule has 2 amide bonds. The number of hydrogen-bond donors (Lipinski definition) is 0. The molecule has 1 aliphatic rings. The van der Waals surface area contributed by atoms with Crippen molar-refractivity contribution < 1.29 is 14.4 Å². The Balaban J connectivity index is 1.89. The molecule has 1 aromatic rings. The van der Waals surface area contributed by atoms with Crippen LogP contribution in [0.3, 0.4) is 0 Å². The molecular formula is C15H18N2O3. The minimum Gasteiger partial charge on any atom is -0.339 e. The van der Waals surface area contributed by atoms with Crippen LogP contribution in [0.25, 0.3) is 0 Å². The summed E-state index contributed by atoms with van der Waals surface area (Å²) < 4.78 is 0. The summed E-state index contributed by atoms with van der Waals surface area (Å²) >= 11 is 0. The molecule has 0 spiro atoms. The first-order valence-corrected chi connectivity index (χ1v) is 6.69. The van der Waals surface area contributed by atoms with E-state index in [2.05, 4.69) is 0 Å². The van der Waals surface area contributed by atoms with Crippen LogP contribution < -0.4 is 0 Å². The van der Waals surface area contributed by atoms with Gasteiger partial charge in [-0.05, 0) is 5.56 Å². The van der Waals surface area contributed by atoms with Gasteiger partial charge >= 0.3 is 0 Å². The maximum atomic E-state index is 12.1. The average molecular weight is 274 g/mol. The summed E-state index contributed by atoms with van der Waals surface area (Å²) in [6.07, 6.45) is 0.132. The molecule has 20 heavy (non-hydrogen) atoms. The van der Waals surface area contributed by atoms with Crippen LogP contribution in [-0.2, 0) is 20.8 Å². The van der Waals surface area contributed by atoms with Crippen LogP contribution in [0, 0.1) is 0 Å². The average Bonchev–Trinajstić information content (AvgIpc) is 2.47. The maximum absolute atomic E-state index is 12.1. The van der Waals surface area contributed by atoms with E-state index in [1.165, 1.54) is 11.8 Å². The number of piperazine rings is 1. The molecule has 0 aromatic heterocycles. The van der Waals surface area contributed by atoms with Crippen molar-refractivity contribution in [3.63, 3.8) is 0 Å². The van der Waals surface area contributed by atoms with Crippen molar-refractivity contribution in [3.05, 3.63) is 35.9 Å². The fourth-order valence-electron chi connectivity index (χ4n) is 2.26. The minimum absolute atomic E-state index is 0.00714. The topological polar surface area (TPSA) is 57.7 Å². The smallest absolute Gasteiger partial charge is 0.290 e. The van der Waals surface area contributed by atoms with Crippen LogP contribution >= 0.6 is 0 Å². The molecule has 106 valence electrons. The minimum atomic E-state index is -0.447. The molecule has 1 aromatic carbocycles. The highest BCUT2D eigenvalue weighted by Gasteiger charge is 2.26. The second-order valence-electron chi connectivity index (χ2n) is 4.88. The van der Waals surface area contributed by atoms with Gasteiger partial charge in [0.25, 0.3) is 5.91 Å². The van der Waals surface area contributed by atoms with Gasteiger partial charge in [-0.15, -0.1) is 0 Å². The van der Waals surface area contributed by atoms with Gasteiger partial charge in [-0.1, -0.05) is 30.3 Å². The number of nitrogens with zero attached hydrogens (tertiary/aromatic N) is 2. The van der Waals surface area contributed by atoms with Crippen LogP contribution in [-0.4, -0.2) is 53.6 Å². The lowest BCUT2D eigenvalue weighted by Gasteiger charge is -2.33. The summed E-state index contributed by atoms with van der Waals surface area (Å²) in [6, 6.07) is 9.23. The van der Waals surface area contributed by atoms with Crippen LogP contribution in [0.15, 0.2) is 30.3 Å². The van der Waals surface area contributed by atoms with E-state index in [-0.39, 0.29) is 12.3 Å². The van der Waals surface area contributed by atoms with Gasteiger partial charge in [-0.3, -0.25) is 14.4 Å². The second kappa shape index (κ2) is 6.32. The molecule has 1 heterocycles. The molecule has 1 fully saturated rings. The van der Waals surface area contributed by atoms with E-state index in [1.807, 2.05) is 30.3 Å². The van der Waals surface area contributed by atoms with E-state index < -0.39 is 11.7 Å². The number of benzene rings is 1. The molecule has 2 rings (SSSR count). The van der Waals surface area contributed by atoms with Crippen molar-refractivity contribution in [2.75, 3.05) is 26.2 Å². The molecule has 5 nitrogen and oxygen atoms in total. The van der Waals surface area contributed by atoms with Crippen molar-refractivity contribution in [3.8, 4) is 0 Å². The lowest BCUT2D eigenvalue weighted by Crippen LogP contribution is -2.51. The molecular weight excluding hydrogens is 256 g/mol. The summed E-state index contributed by atoms with van der Waals surface area (Å²) in [4.78, 5) is 38.4. The third-order valence-electron chi connectivity index (χ3n) is 3.46. The Morgan fingerprint density at radius 3 is 2.05 bits per heavy atom. The van der Waals surface area contributed by atoms with E-state index in [4.69, 9.17) is 0 Å². The van der Waals surface area contributed by atoms with Gasteiger partial charge in [0, 0.05) is 39.5 Å².